The number of rotatable bonds is 4. The maximum Gasteiger partial charge on any atom is 0.319 e. The molecule has 0 radical (unpaired) electrons. The van der Waals surface area contributed by atoms with Crippen LogP contribution < -0.4 is 10.6 Å². The number of anilines is 1. The Balaban J connectivity index is 1.55. The van der Waals surface area contributed by atoms with Crippen LogP contribution >= 0.6 is 0 Å². The van der Waals surface area contributed by atoms with Gasteiger partial charge < -0.3 is 10.6 Å². The van der Waals surface area contributed by atoms with Gasteiger partial charge in [-0.05, 0) is 24.3 Å². The number of carbonyl (C=O) groups is 1. The molecule has 1 aromatic heterocycles. The van der Waals surface area contributed by atoms with Gasteiger partial charge in [-0.25, -0.2) is 9.78 Å². The highest BCUT2D eigenvalue weighted by molar-refractivity contribution is 5.89. The van der Waals surface area contributed by atoms with Crippen LogP contribution in [-0.2, 0) is 6.54 Å². The van der Waals surface area contributed by atoms with Gasteiger partial charge in [0.25, 0.3) is 0 Å². The van der Waals surface area contributed by atoms with Crippen LogP contribution in [0, 0.1) is 11.3 Å². The van der Waals surface area contributed by atoms with E-state index in [1.807, 2.05) is 36.4 Å². The molecule has 7 nitrogen and oxygen atoms in total. The molecule has 0 aliphatic heterocycles. The summed E-state index contributed by atoms with van der Waals surface area (Å²) in [5, 5.41) is 21.0. The van der Waals surface area contributed by atoms with Crippen LogP contribution in [-0.4, -0.2) is 21.2 Å². The first-order valence-electron chi connectivity index (χ1n) is 7.26. The lowest BCUT2D eigenvalue weighted by atomic mass is 10.2. The summed E-state index contributed by atoms with van der Waals surface area (Å²) in [6, 6.07) is 17.8. The Hall–Kier alpha value is -3.66. The van der Waals surface area contributed by atoms with Crippen LogP contribution in [0.3, 0.4) is 0 Å². The fraction of sp³-hybridized carbons (Fsp3) is 0.0588. The van der Waals surface area contributed by atoms with Gasteiger partial charge in [0.05, 0.1) is 18.2 Å². The second-order valence-corrected chi connectivity index (χ2v) is 4.97. The van der Waals surface area contributed by atoms with Gasteiger partial charge in [0.2, 0.25) is 0 Å². The SMILES string of the molecule is N#Cc1ccc(NC(=O)NCc2nc(-c3ccccc3)n[nH]2)cc1. The molecule has 2 amide bonds. The molecule has 7 heteroatoms. The van der Waals surface area contributed by atoms with Gasteiger partial charge in [-0.1, -0.05) is 30.3 Å². The molecule has 118 valence electrons. The predicted molar refractivity (Wildman–Crippen MR) is 88.8 cm³/mol. The number of aromatic nitrogens is 3. The molecule has 0 aliphatic carbocycles. The Labute approximate surface area is 138 Å². The van der Waals surface area contributed by atoms with Crippen molar-refractivity contribution in [3.63, 3.8) is 0 Å². The summed E-state index contributed by atoms with van der Waals surface area (Å²) in [6.45, 7) is 0.224. The van der Waals surface area contributed by atoms with Gasteiger partial charge in [-0.2, -0.15) is 10.4 Å². The fourth-order valence-electron chi connectivity index (χ4n) is 2.06. The summed E-state index contributed by atoms with van der Waals surface area (Å²) in [5.41, 5.74) is 2.05. The quantitative estimate of drug-likeness (QED) is 0.687. The Morgan fingerprint density at radius 1 is 1.12 bits per heavy atom. The van der Waals surface area contributed by atoms with E-state index < -0.39 is 0 Å². The van der Waals surface area contributed by atoms with Crippen LogP contribution in [0.1, 0.15) is 11.4 Å². The average molecular weight is 318 g/mol. The highest BCUT2D eigenvalue weighted by Crippen LogP contribution is 2.13. The third-order valence-electron chi connectivity index (χ3n) is 3.25. The number of hydrogen-bond donors (Lipinski definition) is 3. The summed E-state index contributed by atoms with van der Waals surface area (Å²) >= 11 is 0. The van der Waals surface area contributed by atoms with Crippen LogP contribution in [0.25, 0.3) is 11.4 Å². The monoisotopic (exact) mass is 318 g/mol. The van der Waals surface area contributed by atoms with Crippen molar-refractivity contribution in [3.05, 3.63) is 66.0 Å². The second-order valence-electron chi connectivity index (χ2n) is 4.97. The van der Waals surface area contributed by atoms with Crippen molar-refractivity contribution in [2.24, 2.45) is 0 Å². The lowest BCUT2D eigenvalue weighted by Crippen LogP contribution is -2.28. The third-order valence-corrected chi connectivity index (χ3v) is 3.25. The minimum atomic E-state index is -0.364. The number of nitrogens with one attached hydrogen (secondary N) is 3. The number of nitriles is 1. The largest absolute Gasteiger partial charge is 0.331 e. The van der Waals surface area contributed by atoms with E-state index in [4.69, 9.17) is 5.26 Å². The maximum atomic E-state index is 11.9. The zero-order valence-electron chi connectivity index (χ0n) is 12.7. The first kappa shape index (κ1) is 15.2. The van der Waals surface area contributed by atoms with Gasteiger partial charge in [0, 0.05) is 11.3 Å². The number of H-pyrrole nitrogens is 1. The molecule has 3 aromatic rings. The van der Waals surface area contributed by atoms with Crippen molar-refractivity contribution in [3.8, 4) is 17.5 Å². The molecule has 3 rings (SSSR count). The van der Waals surface area contributed by atoms with E-state index in [-0.39, 0.29) is 12.6 Å². The van der Waals surface area contributed by atoms with Crippen molar-refractivity contribution in [2.45, 2.75) is 6.54 Å². The Kier molecular flexibility index (Phi) is 4.49. The number of benzene rings is 2. The smallest absolute Gasteiger partial charge is 0.319 e. The molecule has 1 heterocycles. The molecule has 3 N–H and O–H groups in total. The van der Waals surface area contributed by atoms with Crippen molar-refractivity contribution in [1.82, 2.24) is 20.5 Å². The number of carbonyl (C=O) groups excluding carboxylic acids is 1. The van der Waals surface area contributed by atoms with Gasteiger partial charge >= 0.3 is 6.03 Å². The van der Waals surface area contributed by atoms with Crippen molar-refractivity contribution in [1.29, 1.82) is 5.26 Å². The Bertz CT molecular complexity index is 864. The number of urea groups is 1. The summed E-state index contributed by atoms with van der Waals surface area (Å²) in [4.78, 5) is 16.2. The molecule has 0 fully saturated rings. The molecule has 0 saturated carbocycles. The average Bonchev–Trinajstić information content (AvgIpc) is 3.10. The third kappa shape index (κ3) is 3.75. The second kappa shape index (κ2) is 7.07. The van der Waals surface area contributed by atoms with Crippen LogP contribution in [0.4, 0.5) is 10.5 Å². The van der Waals surface area contributed by atoms with Crippen LogP contribution in [0.15, 0.2) is 54.6 Å². The van der Waals surface area contributed by atoms with E-state index >= 15 is 0 Å². The molecule has 24 heavy (non-hydrogen) atoms. The molecule has 0 bridgehead atoms. The summed E-state index contributed by atoms with van der Waals surface area (Å²) in [5.74, 6) is 1.14. The highest BCUT2D eigenvalue weighted by Gasteiger charge is 2.07. The highest BCUT2D eigenvalue weighted by atomic mass is 16.2. The van der Waals surface area contributed by atoms with E-state index in [9.17, 15) is 4.79 Å². The molecule has 0 unspecified atom stereocenters. The van der Waals surface area contributed by atoms with Gasteiger partial charge in [0.1, 0.15) is 5.82 Å². The summed E-state index contributed by atoms with van der Waals surface area (Å²) in [6.07, 6.45) is 0. The number of aromatic amines is 1. The molecule has 0 atom stereocenters. The van der Waals surface area contributed by atoms with Crippen molar-refractivity contribution >= 4 is 11.7 Å². The summed E-state index contributed by atoms with van der Waals surface area (Å²) in [7, 11) is 0. The first-order valence-corrected chi connectivity index (χ1v) is 7.26. The lowest BCUT2D eigenvalue weighted by molar-refractivity contribution is 0.251. The molecule has 0 saturated heterocycles. The van der Waals surface area contributed by atoms with E-state index in [1.54, 1.807) is 24.3 Å². The van der Waals surface area contributed by atoms with E-state index in [0.717, 1.165) is 5.56 Å². The van der Waals surface area contributed by atoms with E-state index in [2.05, 4.69) is 25.8 Å². The number of hydrogen-bond acceptors (Lipinski definition) is 4. The number of nitrogens with zero attached hydrogens (tertiary/aromatic N) is 3. The minimum absolute atomic E-state index is 0.224. The van der Waals surface area contributed by atoms with Gasteiger partial charge in [-0.15, -0.1) is 0 Å². The molecular formula is C17H14N6O. The molecule has 0 aliphatic rings. The van der Waals surface area contributed by atoms with Gasteiger partial charge in [-0.3, -0.25) is 5.10 Å². The predicted octanol–water partition coefficient (Wildman–Crippen LogP) is 2.67. The first-order chi connectivity index (χ1) is 11.7. The maximum absolute atomic E-state index is 11.9. The van der Waals surface area contributed by atoms with Gasteiger partial charge in [0.15, 0.2) is 5.82 Å². The Morgan fingerprint density at radius 3 is 2.58 bits per heavy atom. The van der Waals surface area contributed by atoms with Crippen LogP contribution in [0.2, 0.25) is 0 Å². The van der Waals surface area contributed by atoms with E-state index in [0.29, 0.717) is 22.9 Å². The molecule has 0 spiro atoms. The van der Waals surface area contributed by atoms with Crippen LogP contribution in [0.5, 0.6) is 0 Å². The normalized spacial score (nSPS) is 9.96. The standard InChI is InChI=1S/C17H14N6O/c18-10-12-6-8-14(9-7-12)20-17(24)19-11-15-21-16(23-22-15)13-4-2-1-3-5-13/h1-9H,11H2,(H2,19,20,24)(H,21,22,23). The number of amides is 2. The zero-order chi connectivity index (χ0) is 16.8. The van der Waals surface area contributed by atoms with Crippen molar-refractivity contribution in [2.75, 3.05) is 5.32 Å². The lowest BCUT2D eigenvalue weighted by Gasteiger charge is -2.06. The van der Waals surface area contributed by atoms with Crippen molar-refractivity contribution < 1.29 is 4.79 Å². The molecule has 2 aromatic carbocycles. The Morgan fingerprint density at radius 2 is 1.88 bits per heavy atom. The minimum Gasteiger partial charge on any atom is -0.331 e. The van der Waals surface area contributed by atoms with E-state index in [1.165, 1.54) is 0 Å². The zero-order valence-corrected chi connectivity index (χ0v) is 12.7. The fourth-order valence-corrected chi connectivity index (χ4v) is 2.06. The summed E-state index contributed by atoms with van der Waals surface area (Å²) < 4.78 is 0. The topological polar surface area (TPSA) is 106 Å². The molecular weight excluding hydrogens is 304 g/mol.